The highest BCUT2D eigenvalue weighted by Gasteiger charge is 2.26. The van der Waals surface area contributed by atoms with Crippen LogP contribution in [-0.2, 0) is 0 Å². The summed E-state index contributed by atoms with van der Waals surface area (Å²) in [5.74, 6) is 1.05. The molecule has 1 fully saturated rings. The molecule has 3 rings (SSSR count). The molecule has 5 heteroatoms. The highest BCUT2D eigenvalue weighted by molar-refractivity contribution is 9.10. The van der Waals surface area contributed by atoms with E-state index in [2.05, 4.69) is 42.5 Å². The van der Waals surface area contributed by atoms with Crippen molar-refractivity contribution in [3.63, 3.8) is 0 Å². The van der Waals surface area contributed by atoms with E-state index >= 15 is 0 Å². The van der Waals surface area contributed by atoms with E-state index in [0.717, 1.165) is 22.5 Å². The Morgan fingerprint density at radius 3 is 3.00 bits per heavy atom. The molecule has 1 saturated heterocycles. The monoisotopic (exact) mass is 280 g/mol. The van der Waals surface area contributed by atoms with E-state index in [1.165, 1.54) is 12.8 Å². The maximum absolute atomic E-state index is 4.32. The molecule has 0 saturated carbocycles. The average Bonchev–Trinajstić information content (AvgIpc) is 2.83. The van der Waals surface area contributed by atoms with Gasteiger partial charge in [-0.05, 0) is 54.5 Å². The van der Waals surface area contributed by atoms with E-state index in [4.69, 9.17) is 0 Å². The highest BCUT2D eigenvalue weighted by Crippen LogP contribution is 2.29. The number of hydrogen-bond donors (Lipinski definition) is 0. The Morgan fingerprint density at radius 2 is 2.25 bits per heavy atom. The third-order valence-corrected chi connectivity index (χ3v) is 3.68. The van der Waals surface area contributed by atoms with Gasteiger partial charge in [0.15, 0.2) is 11.5 Å². The standard InChI is InChI=1S/C11H13BrN4/c1-15-6-2-3-9(15)11-14-13-10-5-4-8(12)7-16(10)11/h4-5,7,9H,2-3,6H2,1H3. The van der Waals surface area contributed by atoms with Crippen LogP contribution in [0.1, 0.15) is 24.7 Å². The van der Waals surface area contributed by atoms with Gasteiger partial charge in [-0.1, -0.05) is 0 Å². The van der Waals surface area contributed by atoms with Gasteiger partial charge in [0.05, 0.1) is 6.04 Å². The molecule has 2 aromatic rings. The summed E-state index contributed by atoms with van der Waals surface area (Å²) in [5, 5.41) is 8.52. The zero-order valence-corrected chi connectivity index (χ0v) is 10.7. The summed E-state index contributed by atoms with van der Waals surface area (Å²) in [7, 11) is 2.15. The number of rotatable bonds is 1. The summed E-state index contributed by atoms with van der Waals surface area (Å²) in [5.41, 5.74) is 0.915. The van der Waals surface area contributed by atoms with E-state index in [1.54, 1.807) is 0 Å². The minimum atomic E-state index is 0.407. The van der Waals surface area contributed by atoms with Gasteiger partial charge < -0.3 is 0 Å². The Kier molecular flexibility index (Phi) is 2.44. The number of aromatic nitrogens is 3. The molecular weight excluding hydrogens is 268 g/mol. The van der Waals surface area contributed by atoms with E-state index in [0.29, 0.717) is 6.04 Å². The topological polar surface area (TPSA) is 33.4 Å². The van der Waals surface area contributed by atoms with Gasteiger partial charge >= 0.3 is 0 Å². The fraction of sp³-hybridized carbons (Fsp3) is 0.455. The second kappa shape index (κ2) is 3.82. The van der Waals surface area contributed by atoms with Crippen LogP contribution in [0.4, 0.5) is 0 Å². The summed E-state index contributed by atoms with van der Waals surface area (Å²) in [4.78, 5) is 2.34. The fourth-order valence-corrected chi connectivity index (χ4v) is 2.68. The summed E-state index contributed by atoms with van der Waals surface area (Å²) < 4.78 is 3.14. The van der Waals surface area contributed by atoms with Gasteiger partial charge in [0.1, 0.15) is 0 Å². The Labute approximate surface area is 102 Å². The molecule has 0 radical (unpaired) electrons. The van der Waals surface area contributed by atoms with Crippen molar-refractivity contribution in [3.8, 4) is 0 Å². The summed E-state index contributed by atoms with van der Waals surface area (Å²) in [6, 6.07) is 4.38. The van der Waals surface area contributed by atoms with Gasteiger partial charge in [-0.15, -0.1) is 10.2 Å². The first-order chi connectivity index (χ1) is 7.75. The first-order valence-corrected chi connectivity index (χ1v) is 6.25. The molecule has 1 unspecified atom stereocenters. The molecule has 0 spiro atoms. The molecule has 84 valence electrons. The lowest BCUT2D eigenvalue weighted by Gasteiger charge is -2.17. The van der Waals surface area contributed by atoms with Crippen LogP contribution in [0.25, 0.3) is 5.65 Å². The van der Waals surface area contributed by atoms with Crippen LogP contribution in [0, 0.1) is 0 Å². The molecule has 0 aliphatic carbocycles. The number of nitrogens with zero attached hydrogens (tertiary/aromatic N) is 4. The molecule has 2 aromatic heterocycles. The number of fused-ring (bicyclic) bond motifs is 1. The third-order valence-electron chi connectivity index (χ3n) is 3.21. The van der Waals surface area contributed by atoms with Crippen LogP contribution < -0.4 is 0 Å². The number of pyridine rings is 1. The minimum absolute atomic E-state index is 0.407. The van der Waals surface area contributed by atoms with Crippen LogP contribution >= 0.6 is 15.9 Å². The Bertz CT molecular complexity index is 522. The van der Waals surface area contributed by atoms with Gasteiger partial charge in [-0.2, -0.15) is 0 Å². The molecule has 1 aliphatic heterocycles. The lowest BCUT2D eigenvalue weighted by molar-refractivity contribution is 0.304. The Balaban J connectivity index is 2.12. The first-order valence-electron chi connectivity index (χ1n) is 5.46. The predicted molar refractivity (Wildman–Crippen MR) is 65.3 cm³/mol. The first kappa shape index (κ1) is 10.2. The van der Waals surface area contributed by atoms with Gasteiger partial charge in [-0.3, -0.25) is 9.30 Å². The fourth-order valence-electron chi connectivity index (χ4n) is 2.35. The van der Waals surface area contributed by atoms with Crippen molar-refractivity contribution in [1.82, 2.24) is 19.5 Å². The predicted octanol–water partition coefficient (Wildman–Crippen LogP) is 2.26. The van der Waals surface area contributed by atoms with Gasteiger partial charge in [-0.25, -0.2) is 0 Å². The van der Waals surface area contributed by atoms with Crippen molar-refractivity contribution < 1.29 is 0 Å². The van der Waals surface area contributed by atoms with Gasteiger partial charge in [0.2, 0.25) is 0 Å². The second-order valence-electron chi connectivity index (χ2n) is 4.27. The lowest BCUT2D eigenvalue weighted by Crippen LogP contribution is -2.19. The maximum Gasteiger partial charge on any atom is 0.160 e. The molecule has 0 bridgehead atoms. The Morgan fingerprint density at radius 1 is 1.38 bits per heavy atom. The highest BCUT2D eigenvalue weighted by atomic mass is 79.9. The second-order valence-corrected chi connectivity index (χ2v) is 5.19. The zero-order valence-electron chi connectivity index (χ0n) is 9.10. The lowest BCUT2D eigenvalue weighted by atomic mass is 10.2. The molecule has 4 nitrogen and oxygen atoms in total. The molecule has 0 aromatic carbocycles. The Hall–Kier alpha value is -0.940. The molecule has 1 aliphatic rings. The SMILES string of the molecule is CN1CCCC1c1nnc2ccc(Br)cn12. The van der Waals surface area contributed by atoms with Crippen LogP contribution in [-0.4, -0.2) is 33.1 Å². The average molecular weight is 281 g/mol. The van der Waals surface area contributed by atoms with Crippen molar-refractivity contribution in [3.05, 3.63) is 28.6 Å². The summed E-state index contributed by atoms with van der Waals surface area (Å²) in [6.45, 7) is 1.15. The van der Waals surface area contributed by atoms with Crippen LogP contribution in [0.2, 0.25) is 0 Å². The smallest absolute Gasteiger partial charge is 0.160 e. The van der Waals surface area contributed by atoms with Crippen molar-refractivity contribution in [1.29, 1.82) is 0 Å². The van der Waals surface area contributed by atoms with E-state index in [1.807, 2.05) is 18.3 Å². The van der Waals surface area contributed by atoms with E-state index in [9.17, 15) is 0 Å². The molecule has 1 atom stereocenters. The number of likely N-dealkylation sites (tertiary alicyclic amines) is 1. The van der Waals surface area contributed by atoms with Crippen LogP contribution in [0.5, 0.6) is 0 Å². The molecule has 16 heavy (non-hydrogen) atoms. The van der Waals surface area contributed by atoms with Crippen molar-refractivity contribution in [2.75, 3.05) is 13.6 Å². The number of halogens is 1. The van der Waals surface area contributed by atoms with Gasteiger partial charge in [0.25, 0.3) is 0 Å². The van der Waals surface area contributed by atoms with Gasteiger partial charge in [0, 0.05) is 10.7 Å². The van der Waals surface area contributed by atoms with Crippen molar-refractivity contribution >= 4 is 21.6 Å². The van der Waals surface area contributed by atoms with Crippen LogP contribution in [0.3, 0.4) is 0 Å². The van der Waals surface area contributed by atoms with E-state index < -0.39 is 0 Å². The minimum Gasteiger partial charge on any atom is -0.296 e. The largest absolute Gasteiger partial charge is 0.296 e. The molecule has 0 amide bonds. The van der Waals surface area contributed by atoms with E-state index in [-0.39, 0.29) is 0 Å². The normalized spacial score (nSPS) is 22.0. The van der Waals surface area contributed by atoms with Crippen molar-refractivity contribution in [2.24, 2.45) is 0 Å². The molecule has 0 N–H and O–H groups in total. The van der Waals surface area contributed by atoms with Crippen LogP contribution in [0.15, 0.2) is 22.8 Å². The maximum atomic E-state index is 4.32. The molecular formula is C11H13BrN4. The summed E-state index contributed by atoms with van der Waals surface area (Å²) in [6.07, 6.45) is 4.45. The quantitative estimate of drug-likeness (QED) is 0.804. The summed E-state index contributed by atoms with van der Waals surface area (Å²) >= 11 is 3.48. The molecule has 3 heterocycles. The number of hydrogen-bond acceptors (Lipinski definition) is 3. The van der Waals surface area contributed by atoms with Crippen molar-refractivity contribution in [2.45, 2.75) is 18.9 Å². The third kappa shape index (κ3) is 1.55. The zero-order chi connectivity index (χ0) is 11.1.